The van der Waals surface area contributed by atoms with Crippen LogP contribution in [0.15, 0.2) is 60.7 Å². The maximum atomic E-state index is 12.8. The number of hydrogen-bond donors (Lipinski definition) is 2. The molecule has 62 heavy (non-hydrogen) atoms. The van der Waals surface area contributed by atoms with E-state index in [0.29, 0.717) is 0 Å². The predicted octanol–water partition coefficient (Wildman–Crippen LogP) is 2.57. The Morgan fingerprint density at radius 3 is 1.58 bits per heavy atom. The molecule has 0 aromatic heterocycles. The fourth-order valence-corrected chi connectivity index (χ4v) is 6.63. The van der Waals surface area contributed by atoms with Gasteiger partial charge in [-0.3, -0.25) is 28.8 Å². The Morgan fingerprint density at radius 1 is 0.613 bits per heavy atom. The van der Waals surface area contributed by atoms with Gasteiger partial charge in [0.25, 0.3) is 0 Å². The molecule has 342 valence electrons. The van der Waals surface area contributed by atoms with Gasteiger partial charge in [0.05, 0.1) is 33.0 Å². The van der Waals surface area contributed by atoms with Crippen molar-refractivity contribution in [1.29, 1.82) is 0 Å². The van der Waals surface area contributed by atoms with E-state index in [9.17, 15) is 41.9 Å². The van der Waals surface area contributed by atoms with Crippen LogP contribution in [0.2, 0.25) is 0 Å². The molecule has 18 nitrogen and oxygen atoms in total. The molecule has 2 aliphatic rings. The summed E-state index contributed by atoms with van der Waals surface area (Å²) >= 11 is 0. The molecule has 0 radical (unpaired) electrons. The van der Waals surface area contributed by atoms with Crippen LogP contribution in [0.25, 0.3) is 0 Å². The van der Waals surface area contributed by atoms with Gasteiger partial charge in [-0.2, -0.15) is 13.2 Å². The first-order valence-electron chi connectivity index (χ1n) is 19.5. The first-order chi connectivity index (χ1) is 29.4. The van der Waals surface area contributed by atoms with Crippen LogP contribution in [0.3, 0.4) is 0 Å². The number of benzene rings is 2. The SMILES string of the molecule is CC(=O)N[C@@H]1[C@@H](OCCCNC(=O)C(F)(F)F)O[C@@H](COCc2ccccc2)[C@H](O[C@H]2O[C@@H](COCc3ccccc3)[C@@H](OC(C)=O)[C@@H](OC(C)=O)[C@@H]2OC(C)=O)[C@H]1OC(C)=O. The zero-order chi connectivity index (χ0) is 45.4. The van der Waals surface area contributed by atoms with Gasteiger partial charge < -0.3 is 58.0 Å². The van der Waals surface area contributed by atoms with Crippen molar-refractivity contribution < 1.29 is 89.3 Å². The Labute approximate surface area is 355 Å². The highest BCUT2D eigenvalue weighted by molar-refractivity contribution is 5.81. The summed E-state index contributed by atoms with van der Waals surface area (Å²) in [6, 6.07) is 16.6. The Morgan fingerprint density at radius 2 is 1.08 bits per heavy atom. The van der Waals surface area contributed by atoms with E-state index in [4.69, 9.17) is 47.4 Å². The van der Waals surface area contributed by atoms with Crippen LogP contribution >= 0.6 is 0 Å². The Kier molecular flexibility index (Phi) is 19.0. The summed E-state index contributed by atoms with van der Waals surface area (Å²) in [4.78, 5) is 74.5. The summed E-state index contributed by atoms with van der Waals surface area (Å²) in [6.45, 7) is 4.24. The number of carbonyl (C=O) groups excluding carboxylic acids is 6. The lowest BCUT2D eigenvalue weighted by Crippen LogP contribution is -2.69. The maximum Gasteiger partial charge on any atom is 0.471 e. The van der Waals surface area contributed by atoms with E-state index >= 15 is 0 Å². The van der Waals surface area contributed by atoms with Crippen LogP contribution < -0.4 is 10.6 Å². The van der Waals surface area contributed by atoms with Crippen LogP contribution in [0.1, 0.15) is 52.2 Å². The molecule has 10 atom stereocenters. The number of rotatable bonds is 20. The smallest absolute Gasteiger partial charge is 0.457 e. The van der Waals surface area contributed by atoms with E-state index < -0.39 is 110 Å². The van der Waals surface area contributed by atoms with Crippen LogP contribution in [-0.4, -0.2) is 130 Å². The van der Waals surface area contributed by atoms with Crippen LogP contribution in [0.5, 0.6) is 0 Å². The van der Waals surface area contributed by atoms with Crippen molar-refractivity contribution in [2.24, 2.45) is 0 Å². The third-order valence-corrected chi connectivity index (χ3v) is 9.04. The summed E-state index contributed by atoms with van der Waals surface area (Å²) < 4.78 is 98.0. The number of alkyl halides is 3. The Balaban J connectivity index is 1.73. The van der Waals surface area contributed by atoms with Gasteiger partial charge in [0, 0.05) is 41.2 Å². The fraction of sp³-hybridized carbons (Fsp3) is 0.561. The molecule has 0 bridgehead atoms. The van der Waals surface area contributed by atoms with Crippen LogP contribution in [0.4, 0.5) is 13.2 Å². The molecule has 2 heterocycles. The molecule has 2 aliphatic heterocycles. The van der Waals surface area contributed by atoms with Gasteiger partial charge in [-0.1, -0.05) is 60.7 Å². The lowest BCUT2D eigenvalue weighted by atomic mass is 9.94. The number of hydrogen-bond acceptors (Lipinski definition) is 16. The maximum absolute atomic E-state index is 12.8. The fourth-order valence-electron chi connectivity index (χ4n) is 6.63. The second kappa shape index (κ2) is 23.9. The molecule has 0 unspecified atom stereocenters. The molecule has 2 aromatic rings. The van der Waals surface area contributed by atoms with Crippen LogP contribution in [0, 0.1) is 0 Å². The second-order valence-electron chi connectivity index (χ2n) is 14.2. The first-order valence-corrected chi connectivity index (χ1v) is 19.5. The molecule has 2 amide bonds. The zero-order valence-corrected chi connectivity index (χ0v) is 34.7. The molecule has 0 saturated carbocycles. The van der Waals surface area contributed by atoms with E-state index in [2.05, 4.69) is 5.32 Å². The summed E-state index contributed by atoms with van der Waals surface area (Å²) in [7, 11) is 0. The molecule has 21 heteroatoms. The molecule has 2 fully saturated rings. The van der Waals surface area contributed by atoms with Crippen molar-refractivity contribution in [1.82, 2.24) is 10.6 Å². The van der Waals surface area contributed by atoms with Crippen molar-refractivity contribution in [3.8, 4) is 0 Å². The van der Waals surface area contributed by atoms with Crippen molar-refractivity contribution in [3.05, 3.63) is 71.8 Å². The highest BCUT2D eigenvalue weighted by atomic mass is 19.4. The Hall–Kier alpha value is -5.19. The van der Waals surface area contributed by atoms with E-state index in [-0.39, 0.29) is 39.5 Å². The molecule has 4 rings (SSSR count). The van der Waals surface area contributed by atoms with Crippen molar-refractivity contribution in [2.45, 2.75) is 122 Å². The topological polar surface area (TPSA) is 219 Å². The normalized spacial score (nSPS) is 26.1. The first kappa shape index (κ1) is 49.5. The van der Waals surface area contributed by atoms with E-state index in [1.165, 1.54) is 0 Å². The summed E-state index contributed by atoms with van der Waals surface area (Å²) in [5, 5.41) is 4.35. The number of esters is 4. The molecule has 0 aliphatic carbocycles. The molecule has 0 spiro atoms. The van der Waals surface area contributed by atoms with Gasteiger partial charge >= 0.3 is 36.0 Å². The Bertz CT molecular complexity index is 1790. The minimum absolute atomic E-state index is 0.0423. The van der Waals surface area contributed by atoms with Gasteiger partial charge in [-0.15, -0.1) is 0 Å². The second-order valence-corrected chi connectivity index (χ2v) is 14.2. The lowest BCUT2D eigenvalue weighted by Gasteiger charge is -2.49. The van der Waals surface area contributed by atoms with E-state index in [1.54, 1.807) is 47.8 Å². The largest absolute Gasteiger partial charge is 0.471 e. The van der Waals surface area contributed by atoms with Crippen molar-refractivity contribution >= 4 is 35.7 Å². The third kappa shape index (κ3) is 15.6. The van der Waals surface area contributed by atoms with Gasteiger partial charge in [-0.25, -0.2) is 0 Å². The highest BCUT2D eigenvalue weighted by Gasteiger charge is 2.57. The van der Waals surface area contributed by atoms with E-state index in [0.717, 1.165) is 45.7 Å². The minimum atomic E-state index is -5.10. The number of ether oxygens (including phenoxy) is 10. The minimum Gasteiger partial charge on any atom is -0.457 e. The summed E-state index contributed by atoms with van der Waals surface area (Å²) in [5.74, 6) is -6.21. The summed E-state index contributed by atoms with van der Waals surface area (Å²) in [5.41, 5.74) is 1.54. The number of carbonyl (C=O) groups is 6. The predicted molar refractivity (Wildman–Crippen MR) is 204 cm³/mol. The standard InChI is InChI=1S/C41H51F3N2O16/c1-23(47)46-32-35(57-25(3)49)33(30(21-53-19-28-13-8-6-9-14-28)60-38(32)55-18-12-17-45-40(52)41(42,43)44)62-39-37(59-27(5)51)36(58-26(4)50)34(56-24(2)48)31(61-39)22-54-20-29-15-10-7-11-16-29/h6-11,13-16,30-39H,12,17-22H2,1-5H3,(H,45,52)(H,46,47)/t30-,31-,32-,33-,34+,35-,36+,37-,38-,39+/m0/s1. The summed E-state index contributed by atoms with van der Waals surface area (Å²) in [6.07, 6.45) is -18.6. The molecular formula is C41H51F3N2O16. The third-order valence-electron chi connectivity index (χ3n) is 9.04. The van der Waals surface area contributed by atoms with Gasteiger partial charge in [0.1, 0.15) is 24.4 Å². The monoisotopic (exact) mass is 884 g/mol. The average molecular weight is 885 g/mol. The quantitative estimate of drug-likeness (QED) is 0.111. The molecular weight excluding hydrogens is 833 g/mol. The van der Waals surface area contributed by atoms with Gasteiger partial charge in [0.15, 0.2) is 37.0 Å². The average Bonchev–Trinajstić information content (AvgIpc) is 3.19. The van der Waals surface area contributed by atoms with Gasteiger partial charge in [0.2, 0.25) is 5.91 Å². The van der Waals surface area contributed by atoms with Crippen molar-refractivity contribution in [2.75, 3.05) is 26.4 Å². The molecule has 2 aromatic carbocycles. The van der Waals surface area contributed by atoms with Crippen molar-refractivity contribution in [3.63, 3.8) is 0 Å². The molecule has 2 N–H and O–H groups in total. The lowest BCUT2D eigenvalue weighted by molar-refractivity contribution is -0.351. The molecule has 2 saturated heterocycles. The number of amides is 2. The zero-order valence-electron chi connectivity index (χ0n) is 34.7. The number of nitrogens with one attached hydrogen (secondary N) is 2. The van der Waals surface area contributed by atoms with E-state index in [1.807, 2.05) is 18.2 Å². The van der Waals surface area contributed by atoms with Crippen LogP contribution in [-0.2, 0) is 89.3 Å². The number of halogens is 3. The highest BCUT2D eigenvalue weighted by Crippen LogP contribution is 2.35. The van der Waals surface area contributed by atoms with Gasteiger partial charge in [-0.05, 0) is 17.5 Å².